The van der Waals surface area contributed by atoms with Crippen molar-refractivity contribution in [3.8, 4) is 11.5 Å². The molecule has 186 valence electrons. The minimum absolute atomic E-state index is 0.0423. The second kappa shape index (κ2) is 13.0. The van der Waals surface area contributed by atoms with Gasteiger partial charge in [0.25, 0.3) is 0 Å². The summed E-state index contributed by atoms with van der Waals surface area (Å²) >= 11 is 0. The minimum Gasteiger partial charge on any atom is -0.490 e. The van der Waals surface area contributed by atoms with Crippen molar-refractivity contribution in [3.05, 3.63) is 59.7 Å². The summed E-state index contributed by atoms with van der Waals surface area (Å²) in [5.41, 5.74) is 1.77. The summed E-state index contributed by atoms with van der Waals surface area (Å²) in [6, 6.07) is 15.2. The van der Waals surface area contributed by atoms with Gasteiger partial charge in [0.05, 0.1) is 13.2 Å². The molecule has 2 aromatic rings. The number of carbonyl (C=O) groups excluding carboxylic acids is 2. The maximum absolute atomic E-state index is 13.3. The third-order valence-electron chi connectivity index (χ3n) is 5.39. The van der Waals surface area contributed by atoms with E-state index in [1.54, 1.807) is 11.8 Å². The number of rotatable bonds is 12. The van der Waals surface area contributed by atoms with Crippen molar-refractivity contribution in [2.24, 2.45) is 0 Å². The first-order chi connectivity index (χ1) is 16.1. The number of aryl methyl sites for hydroxylation is 1. The van der Waals surface area contributed by atoms with Crippen LogP contribution in [-0.4, -0.2) is 48.1 Å². The van der Waals surface area contributed by atoms with Gasteiger partial charge in [-0.15, -0.1) is 0 Å². The molecule has 0 heterocycles. The second-order valence-electron chi connectivity index (χ2n) is 9.39. The van der Waals surface area contributed by atoms with Crippen LogP contribution in [0.4, 0.5) is 0 Å². The van der Waals surface area contributed by atoms with Gasteiger partial charge in [-0.1, -0.05) is 36.4 Å². The van der Waals surface area contributed by atoms with Gasteiger partial charge >= 0.3 is 0 Å². The van der Waals surface area contributed by atoms with E-state index in [9.17, 15) is 9.59 Å². The maximum Gasteiger partial charge on any atom is 0.242 e. The fraction of sp³-hybridized carbons (Fsp3) is 0.500. The van der Waals surface area contributed by atoms with Gasteiger partial charge < -0.3 is 19.7 Å². The molecular weight excluding hydrogens is 428 g/mol. The topological polar surface area (TPSA) is 67.9 Å². The first kappa shape index (κ1) is 27.2. The highest BCUT2D eigenvalue weighted by molar-refractivity contribution is 5.87. The van der Waals surface area contributed by atoms with E-state index in [1.807, 2.05) is 83.1 Å². The Morgan fingerprint density at radius 3 is 2.18 bits per heavy atom. The Morgan fingerprint density at radius 1 is 0.912 bits per heavy atom. The molecule has 0 saturated carbocycles. The van der Waals surface area contributed by atoms with Crippen LogP contribution in [0.5, 0.6) is 11.5 Å². The fourth-order valence-electron chi connectivity index (χ4n) is 3.69. The lowest BCUT2D eigenvalue weighted by Gasteiger charge is -2.31. The van der Waals surface area contributed by atoms with E-state index in [0.717, 1.165) is 11.1 Å². The van der Waals surface area contributed by atoms with Crippen LogP contribution < -0.4 is 14.8 Å². The van der Waals surface area contributed by atoms with E-state index in [4.69, 9.17) is 9.47 Å². The largest absolute Gasteiger partial charge is 0.490 e. The number of hydrogen-bond acceptors (Lipinski definition) is 4. The molecule has 1 N–H and O–H groups in total. The molecule has 6 heteroatoms. The highest BCUT2D eigenvalue weighted by atomic mass is 16.5. The number of hydrogen-bond donors (Lipinski definition) is 1. The molecule has 2 rings (SSSR count). The quantitative estimate of drug-likeness (QED) is 0.486. The van der Waals surface area contributed by atoms with Gasteiger partial charge in [0, 0.05) is 18.5 Å². The zero-order chi connectivity index (χ0) is 25.1. The van der Waals surface area contributed by atoms with Crippen molar-refractivity contribution >= 4 is 11.8 Å². The molecule has 1 atom stereocenters. The summed E-state index contributed by atoms with van der Waals surface area (Å²) in [5, 5.41) is 3.00. The van der Waals surface area contributed by atoms with E-state index >= 15 is 0 Å². The number of carbonyl (C=O) groups is 2. The standard InChI is InChI=1S/C28H40N2O4/c1-7-33-24-16-14-23(20-25(24)34-8-2)15-17-26(31)30(19-18-22-12-10-9-11-13-22)21(3)27(32)29-28(4,5)6/h9-14,16,20-21H,7-8,15,17-19H2,1-6H3,(H,29,32)/t21-/m0/s1. The van der Waals surface area contributed by atoms with Crippen molar-refractivity contribution in [3.63, 3.8) is 0 Å². The lowest BCUT2D eigenvalue weighted by molar-refractivity contribution is -0.140. The van der Waals surface area contributed by atoms with Gasteiger partial charge in [-0.3, -0.25) is 9.59 Å². The second-order valence-corrected chi connectivity index (χ2v) is 9.39. The summed E-state index contributed by atoms with van der Waals surface area (Å²) in [4.78, 5) is 27.9. The smallest absolute Gasteiger partial charge is 0.242 e. The van der Waals surface area contributed by atoms with Crippen LogP contribution in [0, 0.1) is 0 Å². The fourth-order valence-corrected chi connectivity index (χ4v) is 3.69. The summed E-state index contributed by atoms with van der Waals surface area (Å²) in [6.07, 6.45) is 1.56. The van der Waals surface area contributed by atoms with E-state index in [2.05, 4.69) is 5.32 Å². The lowest BCUT2D eigenvalue weighted by atomic mass is 10.1. The van der Waals surface area contributed by atoms with Gasteiger partial charge in [-0.05, 0) is 77.6 Å². The van der Waals surface area contributed by atoms with Gasteiger partial charge in [0.1, 0.15) is 6.04 Å². The Bertz CT molecular complexity index is 922. The monoisotopic (exact) mass is 468 g/mol. The summed E-state index contributed by atoms with van der Waals surface area (Å²) < 4.78 is 11.4. The first-order valence-corrected chi connectivity index (χ1v) is 12.2. The third-order valence-corrected chi connectivity index (χ3v) is 5.39. The Morgan fingerprint density at radius 2 is 1.56 bits per heavy atom. The number of nitrogens with zero attached hydrogens (tertiary/aromatic N) is 1. The van der Waals surface area contributed by atoms with Crippen LogP contribution in [0.1, 0.15) is 59.1 Å². The average molecular weight is 469 g/mol. The molecule has 2 aromatic carbocycles. The van der Waals surface area contributed by atoms with Crippen LogP contribution in [0.15, 0.2) is 48.5 Å². The van der Waals surface area contributed by atoms with E-state index < -0.39 is 6.04 Å². The van der Waals surface area contributed by atoms with Crippen molar-refractivity contribution in [1.82, 2.24) is 10.2 Å². The van der Waals surface area contributed by atoms with Crippen molar-refractivity contribution in [1.29, 1.82) is 0 Å². The van der Waals surface area contributed by atoms with Crippen molar-refractivity contribution in [2.45, 2.75) is 72.4 Å². The molecule has 6 nitrogen and oxygen atoms in total. The molecular formula is C28H40N2O4. The molecule has 0 aliphatic heterocycles. The molecule has 0 aromatic heterocycles. The first-order valence-electron chi connectivity index (χ1n) is 12.2. The molecule has 0 spiro atoms. The minimum atomic E-state index is -0.560. The highest BCUT2D eigenvalue weighted by Crippen LogP contribution is 2.29. The van der Waals surface area contributed by atoms with Crippen LogP contribution in [0.3, 0.4) is 0 Å². The Kier molecular flexibility index (Phi) is 10.4. The summed E-state index contributed by atoms with van der Waals surface area (Å²) in [6.45, 7) is 13.1. The van der Waals surface area contributed by atoms with Crippen LogP contribution in [0.25, 0.3) is 0 Å². The molecule has 0 unspecified atom stereocenters. The molecule has 0 aliphatic carbocycles. The van der Waals surface area contributed by atoms with Gasteiger partial charge in [0.2, 0.25) is 11.8 Å². The van der Waals surface area contributed by atoms with Crippen LogP contribution in [0.2, 0.25) is 0 Å². The zero-order valence-electron chi connectivity index (χ0n) is 21.5. The van der Waals surface area contributed by atoms with Crippen molar-refractivity contribution < 1.29 is 19.1 Å². The average Bonchev–Trinajstić information content (AvgIpc) is 2.79. The third kappa shape index (κ3) is 8.73. The molecule has 0 bridgehead atoms. The van der Waals surface area contributed by atoms with Crippen LogP contribution >= 0.6 is 0 Å². The predicted octanol–water partition coefficient (Wildman–Crippen LogP) is 4.79. The van der Waals surface area contributed by atoms with E-state index in [0.29, 0.717) is 50.5 Å². The summed E-state index contributed by atoms with van der Waals surface area (Å²) in [5.74, 6) is 1.21. The Balaban J connectivity index is 2.13. The van der Waals surface area contributed by atoms with E-state index in [-0.39, 0.29) is 17.4 Å². The van der Waals surface area contributed by atoms with Gasteiger partial charge in [-0.25, -0.2) is 0 Å². The molecule has 34 heavy (non-hydrogen) atoms. The molecule has 0 radical (unpaired) electrons. The lowest BCUT2D eigenvalue weighted by Crippen LogP contribution is -2.53. The van der Waals surface area contributed by atoms with Gasteiger partial charge in [-0.2, -0.15) is 0 Å². The number of nitrogens with one attached hydrogen (secondary N) is 1. The molecule has 0 fully saturated rings. The predicted molar refractivity (Wildman–Crippen MR) is 136 cm³/mol. The van der Waals surface area contributed by atoms with E-state index in [1.165, 1.54) is 0 Å². The molecule has 0 aliphatic rings. The normalized spacial score (nSPS) is 12.1. The zero-order valence-corrected chi connectivity index (χ0v) is 21.5. The Labute approximate surface area is 204 Å². The highest BCUT2D eigenvalue weighted by Gasteiger charge is 2.27. The molecule has 2 amide bonds. The number of amides is 2. The number of benzene rings is 2. The summed E-state index contributed by atoms with van der Waals surface area (Å²) in [7, 11) is 0. The molecule has 0 saturated heterocycles. The van der Waals surface area contributed by atoms with Gasteiger partial charge in [0.15, 0.2) is 11.5 Å². The van der Waals surface area contributed by atoms with Crippen LogP contribution in [-0.2, 0) is 22.4 Å². The number of ether oxygens (including phenoxy) is 2. The maximum atomic E-state index is 13.3. The van der Waals surface area contributed by atoms with Crippen molar-refractivity contribution in [2.75, 3.05) is 19.8 Å². The Hall–Kier alpha value is -3.02. The SMILES string of the molecule is CCOc1ccc(CCC(=O)N(CCc2ccccc2)[C@@H](C)C(=O)NC(C)(C)C)cc1OCC.